The third kappa shape index (κ3) is 4.25. The van der Waals surface area contributed by atoms with Crippen molar-refractivity contribution in [1.29, 1.82) is 0 Å². The first kappa shape index (κ1) is 23.4. The van der Waals surface area contributed by atoms with Gasteiger partial charge in [-0.1, -0.05) is 12.1 Å². The van der Waals surface area contributed by atoms with Gasteiger partial charge in [-0.25, -0.2) is 4.39 Å². The number of nitrogens with zero attached hydrogens (tertiary/aromatic N) is 2. The molecular weight excluding hydrogens is 399 g/mol. The van der Waals surface area contributed by atoms with Crippen molar-refractivity contribution in [3.05, 3.63) is 35.6 Å². The van der Waals surface area contributed by atoms with E-state index in [0.29, 0.717) is 13.0 Å². The number of methoxy groups -OCH3 is 1. The number of hydrogen-bond donors (Lipinski definition) is 0. The summed E-state index contributed by atoms with van der Waals surface area (Å²) >= 11 is 0. The van der Waals surface area contributed by atoms with Crippen molar-refractivity contribution in [2.45, 2.75) is 84.1 Å². The summed E-state index contributed by atoms with van der Waals surface area (Å²) in [4.78, 5) is 43.7. The molecule has 170 valence electrons. The van der Waals surface area contributed by atoms with Crippen molar-refractivity contribution in [2.24, 2.45) is 5.41 Å². The first-order valence-corrected chi connectivity index (χ1v) is 11.0. The van der Waals surface area contributed by atoms with Crippen LogP contribution in [0.1, 0.15) is 58.9 Å². The zero-order valence-corrected chi connectivity index (χ0v) is 19.1. The Morgan fingerprint density at radius 1 is 1.16 bits per heavy atom. The maximum atomic E-state index is 13.4. The summed E-state index contributed by atoms with van der Waals surface area (Å²) in [6.07, 6.45) is 1.45. The van der Waals surface area contributed by atoms with Crippen molar-refractivity contribution in [3.63, 3.8) is 0 Å². The molecule has 0 N–H and O–H groups in total. The molecular formula is C24H33FN2O4. The fraction of sp³-hybridized carbons (Fsp3) is 0.625. The number of fused-ring (bicyclic) bond motifs is 2. The molecule has 2 heterocycles. The summed E-state index contributed by atoms with van der Waals surface area (Å²) in [5, 5.41) is 0. The first-order chi connectivity index (χ1) is 14.6. The van der Waals surface area contributed by atoms with Gasteiger partial charge in [-0.3, -0.25) is 19.3 Å². The Balaban J connectivity index is 1.97. The van der Waals surface area contributed by atoms with Gasteiger partial charge in [-0.15, -0.1) is 0 Å². The lowest BCUT2D eigenvalue weighted by Crippen LogP contribution is -2.62. The van der Waals surface area contributed by atoms with Gasteiger partial charge in [-0.05, 0) is 58.2 Å². The molecule has 2 fully saturated rings. The number of ketones is 1. The maximum absolute atomic E-state index is 13.4. The topological polar surface area (TPSA) is 66.9 Å². The summed E-state index contributed by atoms with van der Waals surface area (Å²) in [6, 6.07) is 5.76. The smallest absolute Gasteiger partial charge is 0.321 e. The second-order valence-electron chi connectivity index (χ2n) is 9.30. The molecule has 3 atom stereocenters. The molecule has 3 unspecified atom stereocenters. The predicted molar refractivity (Wildman–Crippen MR) is 115 cm³/mol. The largest absolute Gasteiger partial charge is 0.468 e. The number of amides is 1. The molecule has 6 nitrogen and oxygen atoms in total. The second-order valence-corrected chi connectivity index (χ2v) is 9.30. The summed E-state index contributed by atoms with van der Waals surface area (Å²) < 4.78 is 18.5. The Morgan fingerprint density at radius 3 is 2.32 bits per heavy atom. The van der Waals surface area contributed by atoms with Crippen molar-refractivity contribution in [1.82, 2.24) is 9.80 Å². The molecule has 2 aliphatic rings. The number of benzene rings is 1. The Hall–Kier alpha value is -2.28. The van der Waals surface area contributed by atoms with Gasteiger partial charge in [0.1, 0.15) is 5.82 Å². The van der Waals surface area contributed by atoms with Crippen LogP contribution in [-0.2, 0) is 25.7 Å². The minimum Gasteiger partial charge on any atom is -0.468 e. The minimum atomic E-state index is -1.51. The van der Waals surface area contributed by atoms with Crippen LogP contribution in [0.25, 0.3) is 0 Å². The molecule has 2 bridgehead atoms. The highest BCUT2D eigenvalue weighted by molar-refractivity contribution is 6.08. The van der Waals surface area contributed by atoms with Crippen molar-refractivity contribution < 1.29 is 23.5 Å². The predicted octanol–water partition coefficient (Wildman–Crippen LogP) is 3.33. The molecule has 2 saturated heterocycles. The number of carbonyl (C=O) groups is 3. The molecule has 0 radical (unpaired) electrons. The zero-order valence-electron chi connectivity index (χ0n) is 19.1. The minimum absolute atomic E-state index is 0.0155. The van der Waals surface area contributed by atoms with Gasteiger partial charge >= 0.3 is 5.97 Å². The monoisotopic (exact) mass is 432 g/mol. The lowest BCUT2D eigenvalue weighted by molar-refractivity contribution is -0.171. The van der Waals surface area contributed by atoms with Crippen LogP contribution in [0.3, 0.4) is 0 Å². The fourth-order valence-electron chi connectivity index (χ4n) is 5.53. The quantitative estimate of drug-likeness (QED) is 0.488. The maximum Gasteiger partial charge on any atom is 0.321 e. The molecule has 0 spiro atoms. The van der Waals surface area contributed by atoms with E-state index in [0.717, 1.165) is 12.0 Å². The van der Waals surface area contributed by atoms with Gasteiger partial charge in [0.15, 0.2) is 11.2 Å². The number of carbonyl (C=O) groups excluding carboxylic acids is 3. The number of halogens is 1. The molecule has 3 rings (SSSR count). The van der Waals surface area contributed by atoms with Crippen LogP contribution in [0.2, 0.25) is 0 Å². The van der Waals surface area contributed by atoms with E-state index in [-0.39, 0.29) is 48.5 Å². The van der Waals surface area contributed by atoms with Crippen molar-refractivity contribution in [2.75, 3.05) is 7.11 Å². The van der Waals surface area contributed by atoms with Gasteiger partial charge in [0.2, 0.25) is 5.91 Å². The highest BCUT2D eigenvalue weighted by Gasteiger charge is 2.62. The highest BCUT2D eigenvalue weighted by Crippen LogP contribution is 2.48. The zero-order chi connectivity index (χ0) is 22.9. The standard InChI is InChI=1S/C24H33FN2O4/c1-15(2)27(16(3)4)22(29)13-24(23(30)31-5)20-11-10-19(12-21(24)28)26(20)14-17-6-8-18(25)9-7-17/h6-9,15-16,19-20H,10-14H2,1-5H3. The van der Waals surface area contributed by atoms with E-state index < -0.39 is 17.4 Å². The molecule has 31 heavy (non-hydrogen) atoms. The van der Waals surface area contributed by atoms with E-state index >= 15 is 0 Å². The Labute approximate surface area is 183 Å². The van der Waals surface area contributed by atoms with Crippen LogP contribution in [0, 0.1) is 11.2 Å². The lowest BCUT2D eigenvalue weighted by atomic mass is 9.69. The molecule has 0 saturated carbocycles. The average molecular weight is 433 g/mol. The van der Waals surface area contributed by atoms with E-state index in [4.69, 9.17) is 4.74 Å². The Bertz CT molecular complexity index is 830. The van der Waals surface area contributed by atoms with E-state index in [1.165, 1.54) is 19.2 Å². The van der Waals surface area contributed by atoms with Gasteiger partial charge in [0.05, 0.1) is 13.5 Å². The number of rotatable bonds is 7. The molecule has 7 heteroatoms. The normalized spacial score (nSPS) is 25.9. The van der Waals surface area contributed by atoms with Crippen LogP contribution < -0.4 is 0 Å². The first-order valence-electron chi connectivity index (χ1n) is 11.0. The summed E-state index contributed by atoms with van der Waals surface area (Å²) in [6.45, 7) is 8.21. The van der Waals surface area contributed by atoms with Gasteiger partial charge in [0, 0.05) is 37.1 Å². The van der Waals surface area contributed by atoms with E-state index in [2.05, 4.69) is 4.90 Å². The highest BCUT2D eigenvalue weighted by atomic mass is 19.1. The number of hydrogen-bond acceptors (Lipinski definition) is 5. The molecule has 1 aromatic rings. The van der Waals surface area contributed by atoms with Crippen LogP contribution in [0.5, 0.6) is 0 Å². The number of piperidine rings is 1. The summed E-state index contributed by atoms with van der Waals surface area (Å²) in [5.41, 5.74) is -0.607. The van der Waals surface area contributed by atoms with Gasteiger partial charge < -0.3 is 9.64 Å². The van der Waals surface area contributed by atoms with Gasteiger partial charge in [0.25, 0.3) is 0 Å². The SMILES string of the molecule is COC(=O)C1(CC(=O)N(C(C)C)C(C)C)C(=O)CC2CCC1N2Cc1ccc(F)cc1. The number of esters is 1. The van der Waals surface area contributed by atoms with Gasteiger partial charge in [-0.2, -0.15) is 0 Å². The second kappa shape index (κ2) is 9.07. The number of ether oxygens (including phenoxy) is 1. The van der Waals surface area contributed by atoms with E-state index in [1.807, 2.05) is 27.7 Å². The molecule has 1 amide bonds. The van der Waals surface area contributed by atoms with E-state index in [9.17, 15) is 18.8 Å². The number of Topliss-reactive ketones (excluding diaryl/α,β-unsaturated/α-hetero) is 1. The summed E-state index contributed by atoms with van der Waals surface area (Å²) in [7, 11) is 1.27. The lowest BCUT2D eigenvalue weighted by Gasteiger charge is -2.46. The average Bonchev–Trinajstić information content (AvgIpc) is 3.01. The van der Waals surface area contributed by atoms with Crippen LogP contribution in [-0.4, -0.2) is 58.7 Å². The fourth-order valence-corrected chi connectivity index (χ4v) is 5.53. The Kier molecular flexibility index (Phi) is 6.84. The molecule has 1 aromatic carbocycles. The third-order valence-corrected chi connectivity index (χ3v) is 6.79. The molecule has 0 aromatic heterocycles. The van der Waals surface area contributed by atoms with Crippen LogP contribution in [0.4, 0.5) is 4.39 Å². The molecule has 0 aliphatic carbocycles. The van der Waals surface area contributed by atoms with E-state index in [1.54, 1.807) is 17.0 Å². The van der Waals surface area contributed by atoms with Crippen LogP contribution >= 0.6 is 0 Å². The van der Waals surface area contributed by atoms with Crippen molar-refractivity contribution in [3.8, 4) is 0 Å². The van der Waals surface area contributed by atoms with Crippen LogP contribution in [0.15, 0.2) is 24.3 Å². The van der Waals surface area contributed by atoms with Crippen molar-refractivity contribution >= 4 is 17.7 Å². The molecule has 2 aliphatic heterocycles. The third-order valence-electron chi connectivity index (χ3n) is 6.79. The summed E-state index contributed by atoms with van der Waals surface area (Å²) in [5.74, 6) is -1.36. The Morgan fingerprint density at radius 2 is 1.77 bits per heavy atom.